The van der Waals surface area contributed by atoms with Gasteiger partial charge in [-0.05, 0) is 6.26 Å². The lowest BCUT2D eigenvalue weighted by molar-refractivity contribution is 0.609. The first-order chi connectivity index (χ1) is 6.27. The minimum atomic E-state index is -0.453. The summed E-state index contributed by atoms with van der Waals surface area (Å²) < 4.78 is 13.0. The zero-order chi connectivity index (χ0) is 9.68. The second-order valence-electron chi connectivity index (χ2n) is 2.27. The molecule has 1 heterocycles. The van der Waals surface area contributed by atoms with Crippen LogP contribution in [0.3, 0.4) is 0 Å². The molecule has 0 fully saturated rings. The molecule has 3 N–H and O–H groups in total. The first-order valence-corrected chi connectivity index (χ1v) is 5.01. The topological polar surface area (TPSA) is 63.8 Å². The minimum absolute atomic E-state index is 0.213. The van der Waals surface area contributed by atoms with Gasteiger partial charge in [0.1, 0.15) is 0 Å². The predicted octanol–water partition coefficient (Wildman–Crippen LogP) is 0.708. The standard InChI is InChI=1S/C7H11FN4S/c1-13-7-11-4-5(8)6(12-7)10-3-2-9/h4H,2-3,9H2,1H3,(H,10,11,12). The Morgan fingerprint density at radius 3 is 3.08 bits per heavy atom. The van der Waals surface area contributed by atoms with Crippen LogP contribution in [0.25, 0.3) is 0 Å². The molecular weight excluding hydrogens is 191 g/mol. The first kappa shape index (κ1) is 10.2. The second-order valence-corrected chi connectivity index (χ2v) is 3.04. The lowest BCUT2D eigenvalue weighted by Gasteiger charge is -2.04. The van der Waals surface area contributed by atoms with E-state index in [1.807, 2.05) is 6.26 Å². The third-order valence-electron chi connectivity index (χ3n) is 1.34. The van der Waals surface area contributed by atoms with Crippen molar-refractivity contribution in [2.45, 2.75) is 5.16 Å². The fourth-order valence-corrected chi connectivity index (χ4v) is 1.10. The zero-order valence-corrected chi connectivity index (χ0v) is 8.07. The van der Waals surface area contributed by atoms with Gasteiger partial charge in [-0.25, -0.2) is 14.4 Å². The fraction of sp³-hybridized carbons (Fsp3) is 0.429. The number of aromatic nitrogens is 2. The van der Waals surface area contributed by atoms with E-state index in [2.05, 4.69) is 15.3 Å². The lowest BCUT2D eigenvalue weighted by Crippen LogP contribution is -2.15. The summed E-state index contributed by atoms with van der Waals surface area (Å²) in [6.45, 7) is 0.944. The summed E-state index contributed by atoms with van der Waals surface area (Å²) in [6.07, 6.45) is 2.98. The summed E-state index contributed by atoms with van der Waals surface area (Å²) in [4.78, 5) is 7.71. The maximum Gasteiger partial charge on any atom is 0.189 e. The van der Waals surface area contributed by atoms with Crippen LogP contribution in [0.2, 0.25) is 0 Å². The van der Waals surface area contributed by atoms with E-state index < -0.39 is 5.82 Å². The molecule has 0 spiro atoms. The molecule has 13 heavy (non-hydrogen) atoms. The molecule has 0 saturated carbocycles. The maximum absolute atomic E-state index is 13.0. The molecule has 0 radical (unpaired) electrons. The third-order valence-corrected chi connectivity index (χ3v) is 1.90. The Bertz CT molecular complexity index is 281. The van der Waals surface area contributed by atoms with Gasteiger partial charge in [0.2, 0.25) is 0 Å². The minimum Gasteiger partial charge on any atom is -0.366 e. The number of thioether (sulfide) groups is 1. The molecule has 0 saturated heterocycles. The van der Waals surface area contributed by atoms with Gasteiger partial charge in [0.05, 0.1) is 6.20 Å². The Labute approximate surface area is 80.1 Å². The van der Waals surface area contributed by atoms with Crippen molar-refractivity contribution >= 4 is 17.6 Å². The molecule has 0 aromatic carbocycles. The van der Waals surface area contributed by atoms with Crippen molar-refractivity contribution in [3.8, 4) is 0 Å². The summed E-state index contributed by atoms with van der Waals surface area (Å²) in [5, 5.41) is 3.32. The van der Waals surface area contributed by atoms with Crippen LogP contribution < -0.4 is 11.1 Å². The number of nitrogens with zero attached hydrogens (tertiary/aromatic N) is 2. The molecule has 0 aliphatic heterocycles. The van der Waals surface area contributed by atoms with Crippen molar-refractivity contribution in [1.29, 1.82) is 0 Å². The Morgan fingerprint density at radius 1 is 1.69 bits per heavy atom. The Hall–Kier alpha value is -0.880. The Balaban J connectivity index is 2.78. The third kappa shape index (κ3) is 2.82. The summed E-state index contributed by atoms with van der Waals surface area (Å²) in [6, 6.07) is 0. The van der Waals surface area contributed by atoms with E-state index in [1.165, 1.54) is 11.8 Å². The van der Waals surface area contributed by atoms with Crippen molar-refractivity contribution in [2.75, 3.05) is 24.7 Å². The van der Waals surface area contributed by atoms with E-state index in [-0.39, 0.29) is 5.82 Å². The SMILES string of the molecule is CSc1ncc(F)c(NCCN)n1. The van der Waals surface area contributed by atoms with Gasteiger partial charge in [0.15, 0.2) is 16.8 Å². The van der Waals surface area contributed by atoms with E-state index in [1.54, 1.807) is 0 Å². The van der Waals surface area contributed by atoms with Gasteiger partial charge in [-0.15, -0.1) is 0 Å². The monoisotopic (exact) mass is 202 g/mol. The van der Waals surface area contributed by atoms with Crippen LogP contribution in [0.15, 0.2) is 11.4 Å². The average Bonchev–Trinajstić information content (AvgIpc) is 2.17. The highest BCUT2D eigenvalue weighted by Crippen LogP contribution is 2.14. The van der Waals surface area contributed by atoms with Crippen LogP contribution in [0, 0.1) is 5.82 Å². The quantitative estimate of drug-likeness (QED) is 0.556. The van der Waals surface area contributed by atoms with Crippen LogP contribution in [0.4, 0.5) is 10.2 Å². The molecule has 4 nitrogen and oxygen atoms in total. The maximum atomic E-state index is 13.0. The molecule has 1 aromatic heterocycles. The molecule has 6 heteroatoms. The number of rotatable bonds is 4. The van der Waals surface area contributed by atoms with Gasteiger partial charge in [-0.1, -0.05) is 11.8 Å². The zero-order valence-electron chi connectivity index (χ0n) is 7.25. The molecule has 1 rings (SSSR count). The van der Waals surface area contributed by atoms with Gasteiger partial charge in [0.25, 0.3) is 0 Å². The highest BCUT2D eigenvalue weighted by Gasteiger charge is 2.04. The highest BCUT2D eigenvalue weighted by molar-refractivity contribution is 7.98. The van der Waals surface area contributed by atoms with Gasteiger partial charge in [0, 0.05) is 13.1 Å². The number of nitrogens with one attached hydrogen (secondary N) is 1. The molecule has 0 amide bonds. The normalized spacial score (nSPS) is 10.1. The van der Waals surface area contributed by atoms with E-state index in [0.29, 0.717) is 18.2 Å². The van der Waals surface area contributed by atoms with Crippen LogP contribution in [-0.2, 0) is 0 Å². The summed E-state index contributed by atoms with van der Waals surface area (Å²) in [5.74, 6) is -0.240. The summed E-state index contributed by atoms with van der Waals surface area (Å²) >= 11 is 1.36. The van der Waals surface area contributed by atoms with Crippen molar-refractivity contribution in [3.05, 3.63) is 12.0 Å². The smallest absolute Gasteiger partial charge is 0.189 e. The summed E-state index contributed by atoms with van der Waals surface area (Å²) in [7, 11) is 0. The highest BCUT2D eigenvalue weighted by atomic mass is 32.2. The lowest BCUT2D eigenvalue weighted by atomic mass is 10.5. The number of hydrogen-bond acceptors (Lipinski definition) is 5. The molecular formula is C7H11FN4S. The van der Waals surface area contributed by atoms with Gasteiger partial charge >= 0.3 is 0 Å². The first-order valence-electron chi connectivity index (χ1n) is 3.78. The van der Waals surface area contributed by atoms with Gasteiger partial charge < -0.3 is 11.1 Å². The predicted molar refractivity (Wildman–Crippen MR) is 51.3 cm³/mol. The van der Waals surface area contributed by atoms with Crippen LogP contribution in [0.1, 0.15) is 0 Å². The van der Waals surface area contributed by atoms with E-state index >= 15 is 0 Å². The molecule has 0 aliphatic carbocycles. The Morgan fingerprint density at radius 2 is 2.46 bits per heavy atom. The van der Waals surface area contributed by atoms with Crippen molar-refractivity contribution < 1.29 is 4.39 Å². The largest absolute Gasteiger partial charge is 0.366 e. The second kappa shape index (κ2) is 4.98. The molecule has 0 unspecified atom stereocenters. The average molecular weight is 202 g/mol. The number of nitrogens with two attached hydrogens (primary N) is 1. The number of anilines is 1. The molecule has 72 valence electrons. The van der Waals surface area contributed by atoms with E-state index in [9.17, 15) is 4.39 Å². The van der Waals surface area contributed by atoms with E-state index in [4.69, 9.17) is 5.73 Å². The van der Waals surface area contributed by atoms with Crippen molar-refractivity contribution in [3.63, 3.8) is 0 Å². The number of hydrogen-bond donors (Lipinski definition) is 2. The Kier molecular flexibility index (Phi) is 3.91. The van der Waals surface area contributed by atoms with Gasteiger partial charge in [-0.2, -0.15) is 0 Å². The molecule has 0 aliphatic rings. The van der Waals surface area contributed by atoms with Crippen LogP contribution in [0.5, 0.6) is 0 Å². The van der Waals surface area contributed by atoms with Crippen molar-refractivity contribution in [1.82, 2.24) is 9.97 Å². The van der Waals surface area contributed by atoms with E-state index in [0.717, 1.165) is 6.20 Å². The fourth-order valence-electron chi connectivity index (χ4n) is 0.764. The summed E-state index contributed by atoms with van der Waals surface area (Å²) in [5.41, 5.74) is 5.26. The molecule has 1 aromatic rings. The van der Waals surface area contributed by atoms with Gasteiger partial charge in [-0.3, -0.25) is 0 Å². The molecule has 0 bridgehead atoms. The number of halogens is 1. The van der Waals surface area contributed by atoms with Crippen LogP contribution in [-0.4, -0.2) is 29.3 Å². The van der Waals surface area contributed by atoms with Crippen LogP contribution >= 0.6 is 11.8 Å². The van der Waals surface area contributed by atoms with Crippen molar-refractivity contribution in [2.24, 2.45) is 5.73 Å². The molecule has 0 atom stereocenters.